The van der Waals surface area contributed by atoms with Crippen molar-refractivity contribution in [2.24, 2.45) is 0 Å². The number of benzene rings is 1. The zero-order valence-electron chi connectivity index (χ0n) is 9.91. The van der Waals surface area contributed by atoms with Crippen LogP contribution in [0.2, 0.25) is 5.02 Å². The molecule has 1 unspecified atom stereocenters. The Morgan fingerprint density at radius 3 is 2.74 bits per heavy atom. The van der Waals surface area contributed by atoms with Gasteiger partial charge < -0.3 is 14.7 Å². The minimum Gasteiger partial charge on any atom is -0.484 e. The topological polar surface area (TPSA) is 66.8 Å². The third-order valence-corrected chi connectivity index (χ3v) is 3.93. The van der Waals surface area contributed by atoms with Crippen LogP contribution < -0.4 is 4.74 Å². The fourth-order valence-corrected chi connectivity index (χ4v) is 2.95. The molecule has 102 valence electrons. The van der Waals surface area contributed by atoms with Crippen molar-refractivity contribution in [3.8, 4) is 5.75 Å². The van der Waals surface area contributed by atoms with Crippen LogP contribution in [0.1, 0.15) is 0 Å². The van der Waals surface area contributed by atoms with Crippen LogP contribution in [-0.2, 0) is 9.59 Å². The van der Waals surface area contributed by atoms with Crippen molar-refractivity contribution in [1.82, 2.24) is 4.90 Å². The van der Waals surface area contributed by atoms with Gasteiger partial charge in [0.15, 0.2) is 6.61 Å². The monoisotopic (exact) mass is 301 g/mol. The summed E-state index contributed by atoms with van der Waals surface area (Å²) in [5, 5.41) is 9.57. The first-order chi connectivity index (χ1) is 9.08. The molecular weight excluding hydrogens is 290 g/mol. The number of thioether (sulfide) groups is 1. The number of carbonyl (C=O) groups excluding carboxylic acids is 1. The van der Waals surface area contributed by atoms with Gasteiger partial charge in [0.2, 0.25) is 0 Å². The number of carbonyl (C=O) groups is 2. The van der Waals surface area contributed by atoms with Crippen molar-refractivity contribution in [2.75, 3.05) is 18.2 Å². The van der Waals surface area contributed by atoms with E-state index in [1.54, 1.807) is 24.3 Å². The summed E-state index contributed by atoms with van der Waals surface area (Å²) >= 11 is 7.16. The Hall–Kier alpha value is -1.40. The molecule has 0 saturated carbocycles. The average molecular weight is 302 g/mol. The lowest BCUT2D eigenvalue weighted by Gasteiger charge is -2.20. The second kappa shape index (κ2) is 6.16. The lowest BCUT2D eigenvalue weighted by molar-refractivity contribution is -0.148. The zero-order valence-corrected chi connectivity index (χ0v) is 11.5. The van der Waals surface area contributed by atoms with Crippen molar-refractivity contribution in [1.29, 1.82) is 0 Å². The van der Waals surface area contributed by atoms with Gasteiger partial charge in [0, 0.05) is 10.8 Å². The minimum atomic E-state index is -0.982. The van der Waals surface area contributed by atoms with Gasteiger partial charge in [-0.1, -0.05) is 11.6 Å². The number of rotatable bonds is 4. The summed E-state index contributed by atoms with van der Waals surface area (Å²) < 4.78 is 5.31. The first-order valence-corrected chi connectivity index (χ1v) is 7.09. The summed E-state index contributed by atoms with van der Waals surface area (Å²) in [6.07, 6.45) is 0. The van der Waals surface area contributed by atoms with Crippen LogP contribution >= 0.6 is 23.4 Å². The molecule has 0 radical (unpaired) electrons. The van der Waals surface area contributed by atoms with Gasteiger partial charge in [-0.2, -0.15) is 0 Å². The summed E-state index contributed by atoms with van der Waals surface area (Å²) in [4.78, 5) is 24.2. The highest BCUT2D eigenvalue weighted by Gasteiger charge is 2.34. The molecule has 1 aliphatic rings. The van der Waals surface area contributed by atoms with Crippen molar-refractivity contribution >= 4 is 35.2 Å². The van der Waals surface area contributed by atoms with E-state index in [0.29, 0.717) is 22.4 Å². The van der Waals surface area contributed by atoms with Crippen molar-refractivity contribution in [3.05, 3.63) is 29.3 Å². The fraction of sp³-hybridized carbons (Fsp3) is 0.333. The lowest BCUT2D eigenvalue weighted by Crippen LogP contribution is -2.43. The van der Waals surface area contributed by atoms with Crippen molar-refractivity contribution in [2.45, 2.75) is 6.04 Å². The maximum Gasteiger partial charge on any atom is 0.327 e. The Bertz CT molecular complexity index is 479. The molecule has 0 bridgehead atoms. The van der Waals surface area contributed by atoms with Gasteiger partial charge in [-0.3, -0.25) is 4.79 Å². The average Bonchev–Trinajstić information content (AvgIpc) is 2.87. The number of hydrogen-bond acceptors (Lipinski definition) is 4. The Labute approximate surface area is 119 Å². The SMILES string of the molecule is O=C(O)C1CSCN1C(=O)COc1ccc(Cl)cc1. The van der Waals surface area contributed by atoms with Crippen LogP contribution in [0, 0.1) is 0 Å². The molecule has 1 N–H and O–H groups in total. The second-order valence-corrected chi connectivity index (χ2v) is 5.40. The quantitative estimate of drug-likeness (QED) is 0.917. The van der Waals surface area contributed by atoms with E-state index in [1.165, 1.54) is 16.7 Å². The zero-order chi connectivity index (χ0) is 13.8. The Morgan fingerprint density at radius 2 is 2.11 bits per heavy atom. The van der Waals surface area contributed by atoms with Gasteiger partial charge >= 0.3 is 5.97 Å². The maximum atomic E-state index is 11.9. The molecule has 0 aromatic heterocycles. The summed E-state index contributed by atoms with van der Waals surface area (Å²) in [6, 6.07) is 5.87. The first-order valence-electron chi connectivity index (χ1n) is 5.56. The first kappa shape index (κ1) is 14.0. The van der Waals surface area contributed by atoms with Gasteiger partial charge in [0.25, 0.3) is 5.91 Å². The molecule has 1 heterocycles. The minimum absolute atomic E-state index is 0.175. The Kier molecular flexibility index (Phi) is 4.55. The van der Waals surface area contributed by atoms with Crippen LogP contribution in [0.5, 0.6) is 5.75 Å². The molecule has 1 aliphatic heterocycles. The van der Waals surface area contributed by atoms with Crippen LogP contribution in [0.4, 0.5) is 0 Å². The van der Waals surface area contributed by atoms with Crippen molar-refractivity contribution < 1.29 is 19.4 Å². The highest BCUT2D eigenvalue weighted by atomic mass is 35.5. The van der Waals surface area contributed by atoms with E-state index in [4.69, 9.17) is 21.4 Å². The maximum absolute atomic E-state index is 11.9. The molecule has 1 aromatic rings. The lowest BCUT2D eigenvalue weighted by atomic mass is 10.3. The highest BCUT2D eigenvalue weighted by molar-refractivity contribution is 7.99. The number of carboxylic acid groups (broad SMARTS) is 1. The molecule has 1 fully saturated rings. The van der Waals surface area contributed by atoms with E-state index >= 15 is 0 Å². The highest BCUT2D eigenvalue weighted by Crippen LogP contribution is 2.21. The van der Waals surface area contributed by atoms with Crippen LogP contribution in [0.3, 0.4) is 0 Å². The summed E-state index contributed by atoms with van der Waals surface area (Å²) in [6.45, 7) is -0.175. The van der Waals surface area contributed by atoms with E-state index < -0.39 is 12.0 Å². The summed E-state index contributed by atoms with van der Waals surface area (Å²) in [5.41, 5.74) is 0. The van der Waals surface area contributed by atoms with E-state index in [1.807, 2.05) is 0 Å². The third kappa shape index (κ3) is 3.54. The van der Waals surface area contributed by atoms with Crippen LogP contribution in [0.15, 0.2) is 24.3 Å². The molecule has 5 nitrogen and oxygen atoms in total. The number of ether oxygens (including phenoxy) is 1. The number of halogens is 1. The molecule has 19 heavy (non-hydrogen) atoms. The smallest absolute Gasteiger partial charge is 0.327 e. The molecule has 1 atom stereocenters. The number of aliphatic carboxylic acids is 1. The standard InChI is InChI=1S/C12H12ClNO4S/c13-8-1-3-9(4-2-8)18-5-11(15)14-7-19-6-10(14)12(16)17/h1-4,10H,5-7H2,(H,16,17). The van der Waals surface area contributed by atoms with Crippen molar-refractivity contribution in [3.63, 3.8) is 0 Å². The van der Waals surface area contributed by atoms with Gasteiger partial charge in [0.1, 0.15) is 11.8 Å². The Balaban J connectivity index is 1.90. The number of nitrogens with zero attached hydrogens (tertiary/aromatic N) is 1. The Morgan fingerprint density at radius 1 is 1.42 bits per heavy atom. The second-order valence-electron chi connectivity index (χ2n) is 3.96. The van der Waals surface area contributed by atoms with Crippen LogP contribution in [-0.4, -0.2) is 46.2 Å². The van der Waals surface area contributed by atoms with E-state index in [2.05, 4.69) is 0 Å². The van der Waals surface area contributed by atoms with Gasteiger partial charge in [-0.25, -0.2) is 4.79 Å². The summed E-state index contributed by atoms with van der Waals surface area (Å²) in [7, 11) is 0. The molecule has 1 amide bonds. The van der Waals surface area contributed by atoms with Crippen LogP contribution in [0.25, 0.3) is 0 Å². The normalized spacial score (nSPS) is 18.4. The number of carboxylic acids is 1. The molecule has 1 saturated heterocycles. The predicted octanol–water partition coefficient (Wildman–Crippen LogP) is 1.70. The number of hydrogen-bond donors (Lipinski definition) is 1. The van der Waals surface area contributed by atoms with Gasteiger partial charge in [0.05, 0.1) is 5.88 Å². The number of amides is 1. The van der Waals surface area contributed by atoms with E-state index in [-0.39, 0.29) is 12.5 Å². The van der Waals surface area contributed by atoms with E-state index in [9.17, 15) is 9.59 Å². The van der Waals surface area contributed by atoms with Gasteiger partial charge in [-0.05, 0) is 24.3 Å². The molecular formula is C12H12ClNO4S. The fourth-order valence-electron chi connectivity index (χ4n) is 1.65. The predicted molar refractivity (Wildman–Crippen MR) is 72.5 cm³/mol. The molecule has 1 aromatic carbocycles. The molecule has 7 heteroatoms. The van der Waals surface area contributed by atoms with E-state index in [0.717, 1.165) is 0 Å². The van der Waals surface area contributed by atoms with Gasteiger partial charge in [-0.15, -0.1) is 11.8 Å². The molecule has 0 aliphatic carbocycles. The third-order valence-electron chi connectivity index (χ3n) is 2.66. The molecule has 0 spiro atoms. The summed E-state index contributed by atoms with van der Waals surface area (Å²) in [5.74, 6) is 0.0237. The largest absolute Gasteiger partial charge is 0.484 e. The molecule has 2 rings (SSSR count).